The predicted octanol–water partition coefficient (Wildman–Crippen LogP) is 1.46. The molecule has 0 saturated carbocycles. The molecule has 0 aliphatic carbocycles. The molecule has 1 aromatic rings. The zero-order valence-corrected chi connectivity index (χ0v) is 11.3. The molecule has 0 atom stereocenters. The maximum atomic E-state index is 13.6. The van der Waals surface area contributed by atoms with Crippen molar-refractivity contribution in [1.82, 2.24) is 0 Å². The Morgan fingerprint density at radius 2 is 2.12 bits per heavy atom. The van der Waals surface area contributed by atoms with Gasteiger partial charge in [-0.2, -0.15) is 0 Å². The van der Waals surface area contributed by atoms with Crippen molar-refractivity contribution in [3.05, 3.63) is 29.6 Å². The molecule has 0 aliphatic heterocycles. The highest BCUT2D eigenvalue weighted by molar-refractivity contribution is 8.00. The van der Waals surface area contributed by atoms with Crippen LogP contribution in [0.25, 0.3) is 0 Å². The fraction of sp³-hybridized carbons (Fsp3) is 0.455. The SMILES string of the molecule is CS(=O)(=O)CCSc1ccc(CCN)cc1F. The van der Waals surface area contributed by atoms with Crippen LogP contribution in [-0.4, -0.2) is 32.7 Å². The molecule has 0 amide bonds. The highest BCUT2D eigenvalue weighted by atomic mass is 32.2. The first-order chi connectivity index (χ1) is 7.92. The summed E-state index contributed by atoms with van der Waals surface area (Å²) in [6, 6.07) is 4.95. The molecule has 17 heavy (non-hydrogen) atoms. The van der Waals surface area contributed by atoms with Gasteiger partial charge in [-0.1, -0.05) is 6.07 Å². The zero-order chi connectivity index (χ0) is 12.9. The number of benzene rings is 1. The van der Waals surface area contributed by atoms with Gasteiger partial charge in [-0.3, -0.25) is 0 Å². The Labute approximate surface area is 106 Å². The van der Waals surface area contributed by atoms with Gasteiger partial charge in [0.2, 0.25) is 0 Å². The van der Waals surface area contributed by atoms with E-state index in [9.17, 15) is 12.8 Å². The molecule has 1 aromatic carbocycles. The highest BCUT2D eigenvalue weighted by Crippen LogP contribution is 2.22. The Morgan fingerprint density at radius 3 is 2.65 bits per heavy atom. The second-order valence-corrected chi connectivity index (χ2v) is 7.18. The monoisotopic (exact) mass is 277 g/mol. The second kappa shape index (κ2) is 6.37. The van der Waals surface area contributed by atoms with E-state index in [-0.39, 0.29) is 11.6 Å². The van der Waals surface area contributed by atoms with Crippen molar-refractivity contribution < 1.29 is 12.8 Å². The van der Waals surface area contributed by atoms with Crippen molar-refractivity contribution in [3.8, 4) is 0 Å². The van der Waals surface area contributed by atoms with Crippen LogP contribution < -0.4 is 5.73 Å². The topological polar surface area (TPSA) is 60.2 Å². The quantitative estimate of drug-likeness (QED) is 0.800. The van der Waals surface area contributed by atoms with Gasteiger partial charge in [-0.15, -0.1) is 11.8 Å². The normalized spacial score (nSPS) is 11.7. The van der Waals surface area contributed by atoms with Gasteiger partial charge in [0.15, 0.2) is 0 Å². The number of hydrogen-bond acceptors (Lipinski definition) is 4. The summed E-state index contributed by atoms with van der Waals surface area (Å²) in [7, 11) is -2.98. The van der Waals surface area contributed by atoms with Crippen molar-refractivity contribution in [1.29, 1.82) is 0 Å². The Bertz CT molecular complexity index is 474. The van der Waals surface area contributed by atoms with Crippen LogP contribution in [0.15, 0.2) is 23.1 Å². The van der Waals surface area contributed by atoms with Crippen LogP contribution in [0.5, 0.6) is 0 Å². The Balaban J connectivity index is 2.60. The molecule has 0 aromatic heterocycles. The highest BCUT2D eigenvalue weighted by Gasteiger charge is 2.07. The van der Waals surface area contributed by atoms with E-state index in [4.69, 9.17) is 5.73 Å². The molecule has 0 saturated heterocycles. The van der Waals surface area contributed by atoms with Crippen molar-refractivity contribution in [2.75, 3.05) is 24.3 Å². The minimum Gasteiger partial charge on any atom is -0.330 e. The zero-order valence-electron chi connectivity index (χ0n) is 9.65. The molecule has 3 nitrogen and oxygen atoms in total. The van der Waals surface area contributed by atoms with Crippen LogP contribution in [-0.2, 0) is 16.3 Å². The van der Waals surface area contributed by atoms with Crippen molar-refractivity contribution in [2.24, 2.45) is 5.73 Å². The minimum absolute atomic E-state index is 0.0572. The van der Waals surface area contributed by atoms with Crippen molar-refractivity contribution >= 4 is 21.6 Å². The maximum Gasteiger partial charge on any atom is 0.148 e. The van der Waals surface area contributed by atoms with E-state index in [2.05, 4.69) is 0 Å². The lowest BCUT2D eigenvalue weighted by atomic mass is 10.1. The molecule has 0 fully saturated rings. The van der Waals surface area contributed by atoms with E-state index >= 15 is 0 Å². The summed E-state index contributed by atoms with van der Waals surface area (Å²) >= 11 is 1.22. The first-order valence-electron chi connectivity index (χ1n) is 5.21. The molecule has 6 heteroatoms. The average Bonchev–Trinajstić information content (AvgIpc) is 2.20. The number of sulfone groups is 1. The molecule has 0 radical (unpaired) electrons. The van der Waals surface area contributed by atoms with E-state index < -0.39 is 9.84 Å². The van der Waals surface area contributed by atoms with Crippen LogP contribution in [0.2, 0.25) is 0 Å². The van der Waals surface area contributed by atoms with E-state index in [0.29, 0.717) is 23.6 Å². The molecule has 2 N–H and O–H groups in total. The second-order valence-electron chi connectivity index (χ2n) is 3.78. The lowest BCUT2D eigenvalue weighted by Gasteiger charge is -2.05. The number of halogens is 1. The molecule has 0 unspecified atom stereocenters. The van der Waals surface area contributed by atoms with Crippen LogP contribution in [0, 0.1) is 5.82 Å². The first-order valence-corrected chi connectivity index (χ1v) is 8.26. The third kappa shape index (κ3) is 5.52. The number of nitrogens with two attached hydrogens (primary N) is 1. The van der Waals surface area contributed by atoms with Crippen LogP contribution >= 0.6 is 11.8 Å². The lowest BCUT2D eigenvalue weighted by Crippen LogP contribution is -2.05. The standard InChI is InChI=1S/C11H16FNO2S2/c1-17(14,15)7-6-16-11-3-2-9(4-5-13)8-10(11)12/h2-3,8H,4-7,13H2,1H3. The van der Waals surface area contributed by atoms with Crippen LogP contribution in [0.3, 0.4) is 0 Å². The van der Waals surface area contributed by atoms with E-state index in [1.54, 1.807) is 6.07 Å². The van der Waals surface area contributed by atoms with Crippen LogP contribution in [0.4, 0.5) is 4.39 Å². The summed E-state index contributed by atoms with van der Waals surface area (Å²) in [5.74, 6) is 0.114. The molecule has 0 bridgehead atoms. The number of rotatable bonds is 6. The first kappa shape index (κ1) is 14.5. The molecule has 0 heterocycles. The van der Waals surface area contributed by atoms with Gasteiger partial charge in [0.1, 0.15) is 15.7 Å². The van der Waals surface area contributed by atoms with Crippen molar-refractivity contribution in [2.45, 2.75) is 11.3 Å². The summed E-state index contributed by atoms with van der Waals surface area (Å²) in [6.07, 6.45) is 1.82. The molecular formula is C11H16FNO2S2. The maximum absolute atomic E-state index is 13.6. The number of thioether (sulfide) groups is 1. The van der Waals surface area contributed by atoms with Gasteiger partial charge >= 0.3 is 0 Å². The van der Waals surface area contributed by atoms with E-state index in [1.807, 2.05) is 6.07 Å². The summed E-state index contributed by atoms with van der Waals surface area (Å²) in [4.78, 5) is 0.481. The smallest absolute Gasteiger partial charge is 0.148 e. The fourth-order valence-corrected chi connectivity index (χ4v) is 3.41. The number of hydrogen-bond donors (Lipinski definition) is 1. The molecule has 96 valence electrons. The van der Waals surface area contributed by atoms with Gasteiger partial charge in [-0.05, 0) is 30.7 Å². The largest absolute Gasteiger partial charge is 0.330 e. The summed E-state index contributed by atoms with van der Waals surface area (Å²) in [5.41, 5.74) is 6.24. The summed E-state index contributed by atoms with van der Waals surface area (Å²) in [6.45, 7) is 0.486. The van der Waals surface area contributed by atoms with Gasteiger partial charge in [0, 0.05) is 16.9 Å². The third-order valence-corrected chi connectivity index (χ3v) is 4.40. The van der Waals surface area contributed by atoms with E-state index in [0.717, 1.165) is 5.56 Å². The third-order valence-electron chi connectivity index (χ3n) is 2.14. The predicted molar refractivity (Wildman–Crippen MR) is 69.6 cm³/mol. The average molecular weight is 277 g/mol. The molecule has 0 spiro atoms. The van der Waals surface area contributed by atoms with Crippen molar-refractivity contribution in [3.63, 3.8) is 0 Å². The van der Waals surface area contributed by atoms with Crippen LogP contribution in [0.1, 0.15) is 5.56 Å². The lowest BCUT2D eigenvalue weighted by molar-refractivity contribution is 0.598. The minimum atomic E-state index is -2.98. The van der Waals surface area contributed by atoms with Gasteiger partial charge in [-0.25, -0.2) is 12.8 Å². The van der Waals surface area contributed by atoms with E-state index in [1.165, 1.54) is 24.1 Å². The van der Waals surface area contributed by atoms with Gasteiger partial charge < -0.3 is 5.73 Å². The van der Waals surface area contributed by atoms with Gasteiger partial charge in [0.05, 0.1) is 5.75 Å². The Kier molecular flexibility index (Phi) is 5.42. The fourth-order valence-electron chi connectivity index (χ4n) is 1.29. The summed E-state index contributed by atoms with van der Waals surface area (Å²) in [5, 5.41) is 0. The Hall–Kier alpha value is -0.590. The summed E-state index contributed by atoms with van der Waals surface area (Å²) < 4.78 is 35.4. The molecule has 1 rings (SSSR count). The van der Waals surface area contributed by atoms with Gasteiger partial charge in [0.25, 0.3) is 0 Å². The Morgan fingerprint density at radius 1 is 1.41 bits per heavy atom. The molecular weight excluding hydrogens is 261 g/mol. The molecule has 0 aliphatic rings.